The smallest absolute Gasteiger partial charge is 0.134 e. The third-order valence-electron chi connectivity index (χ3n) is 3.73. The van der Waals surface area contributed by atoms with Gasteiger partial charge in [0, 0.05) is 31.7 Å². The third kappa shape index (κ3) is 6.16. The summed E-state index contributed by atoms with van der Waals surface area (Å²) in [6.07, 6.45) is 0. The molecule has 4 nitrogen and oxygen atoms in total. The van der Waals surface area contributed by atoms with Gasteiger partial charge in [-0.3, -0.25) is 4.90 Å². The standard InChI is InChI=1S/C17H22N2O2.2ClH/c1-2-4-15(5-3-1)17-7-6-16(21-17)14-18-8-9-19-10-12-20-13-11-19;;/h1-7,18H,8-14H2;2*1H/p-2. The molecule has 0 atom stereocenters. The van der Waals surface area contributed by atoms with Crippen molar-refractivity contribution in [2.24, 2.45) is 0 Å². The Kier molecular flexibility index (Phi) is 9.29. The number of hydrogen-bond donors (Lipinski definition) is 1. The molecular weight excluding hydrogens is 335 g/mol. The van der Waals surface area contributed by atoms with Gasteiger partial charge in [0.05, 0.1) is 19.8 Å². The Morgan fingerprint density at radius 1 is 0.957 bits per heavy atom. The fraction of sp³-hybridized carbons (Fsp3) is 0.412. The molecule has 0 spiro atoms. The van der Waals surface area contributed by atoms with E-state index < -0.39 is 0 Å². The molecule has 1 aliphatic heterocycles. The number of furan rings is 1. The van der Waals surface area contributed by atoms with Crippen LogP contribution in [0.25, 0.3) is 11.3 Å². The van der Waals surface area contributed by atoms with Gasteiger partial charge in [0.25, 0.3) is 0 Å². The highest BCUT2D eigenvalue weighted by molar-refractivity contribution is 5.57. The summed E-state index contributed by atoms with van der Waals surface area (Å²) in [6, 6.07) is 14.3. The van der Waals surface area contributed by atoms with Crippen molar-refractivity contribution in [1.29, 1.82) is 0 Å². The Morgan fingerprint density at radius 2 is 1.70 bits per heavy atom. The second kappa shape index (κ2) is 10.7. The van der Waals surface area contributed by atoms with Gasteiger partial charge in [-0.25, -0.2) is 0 Å². The SMILES string of the molecule is [Cl-].[Cl-].c1ccc(-c2ccc(CNCCN3CCOCC3)o2)cc1. The van der Waals surface area contributed by atoms with Crippen molar-refractivity contribution in [3.8, 4) is 11.3 Å². The van der Waals surface area contributed by atoms with Crippen LogP contribution in [0.15, 0.2) is 46.9 Å². The Hall–Kier alpha value is -1.04. The number of rotatable bonds is 6. The molecule has 0 amide bonds. The number of hydrogen-bond acceptors (Lipinski definition) is 4. The lowest BCUT2D eigenvalue weighted by atomic mass is 10.2. The number of benzene rings is 1. The lowest BCUT2D eigenvalue weighted by Crippen LogP contribution is -3.00. The normalized spacial score (nSPS) is 14.8. The van der Waals surface area contributed by atoms with Gasteiger partial charge in [0.15, 0.2) is 0 Å². The first-order chi connectivity index (χ1) is 10.4. The molecule has 0 saturated carbocycles. The summed E-state index contributed by atoms with van der Waals surface area (Å²) in [5.41, 5.74) is 1.12. The number of morpholine rings is 1. The molecule has 1 saturated heterocycles. The summed E-state index contributed by atoms with van der Waals surface area (Å²) < 4.78 is 11.2. The van der Waals surface area contributed by atoms with Crippen molar-refractivity contribution in [3.05, 3.63) is 48.2 Å². The summed E-state index contributed by atoms with van der Waals surface area (Å²) in [5.74, 6) is 1.91. The Morgan fingerprint density at radius 3 is 2.43 bits per heavy atom. The maximum absolute atomic E-state index is 5.87. The summed E-state index contributed by atoms with van der Waals surface area (Å²) in [7, 11) is 0. The van der Waals surface area contributed by atoms with Crippen LogP contribution in [0.5, 0.6) is 0 Å². The minimum Gasteiger partial charge on any atom is -1.00 e. The molecule has 0 radical (unpaired) electrons. The van der Waals surface area contributed by atoms with Crippen molar-refractivity contribution in [3.63, 3.8) is 0 Å². The molecule has 1 aromatic carbocycles. The van der Waals surface area contributed by atoms with E-state index in [0.29, 0.717) is 0 Å². The highest BCUT2D eigenvalue weighted by Gasteiger charge is 2.09. The maximum Gasteiger partial charge on any atom is 0.134 e. The first-order valence-electron chi connectivity index (χ1n) is 7.57. The molecule has 0 bridgehead atoms. The molecule has 3 rings (SSSR count). The maximum atomic E-state index is 5.87. The van der Waals surface area contributed by atoms with E-state index in [1.165, 1.54) is 0 Å². The second-order valence-electron chi connectivity index (χ2n) is 5.26. The van der Waals surface area contributed by atoms with Gasteiger partial charge in [-0.15, -0.1) is 0 Å². The van der Waals surface area contributed by atoms with E-state index >= 15 is 0 Å². The van der Waals surface area contributed by atoms with Crippen molar-refractivity contribution < 1.29 is 34.0 Å². The lowest BCUT2D eigenvalue weighted by molar-refractivity contribution is -0.001000. The van der Waals surface area contributed by atoms with Crippen molar-refractivity contribution in [2.45, 2.75) is 6.54 Å². The molecular formula is C17H22Cl2N2O2-2. The zero-order valence-electron chi connectivity index (χ0n) is 13.0. The van der Waals surface area contributed by atoms with Crippen LogP contribution in [-0.2, 0) is 11.3 Å². The van der Waals surface area contributed by atoms with Crippen molar-refractivity contribution >= 4 is 0 Å². The second-order valence-corrected chi connectivity index (χ2v) is 5.26. The number of halogens is 2. The molecule has 2 heterocycles. The van der Waals surface area contributed by atoms with Gasteiger partial charge in [-0.05, 0) is 12.1 Å². The predicted octanol–water partition coefficient (Wildman–Crippen LogP) is -3.62. The van der Waals surface area contributed by atoms with Gasteiger partial charge in [0.2, 0.25) is 0 Å². The average Bonchev–Trinajstić information content (AvgIpc) is 3.02. The van der Waals surface area contributed by atoms with Crippen LogP contribution < -0.4 is 30.1 Å². The molecule has 6 heteroatoms. The zero-order chi connectivity index (χ0) is 14.3. The van der Waals surface area contributed by atoms with E-state index in [9.17, 15) is 0 Å². The first-order valence-corrected chi connectivity index (χ1v) is 7.57. The molecule has 1 fully saturated rings. The van der Waals surface area contributed by atoms with Gasteiger partial charge in [0.1, 0.15) is 11.5 Å². The highest BCUT2D eigenvalue weighted by Crippen LogP contribution is 2.21. The van der Waals surface area contributed by atoms with Gasteiger partial charge >= 0.3 is 0 Å². The van der Waals surface area contributed by atoms with E-state index in [4.69, 9.17) is 9.15 Å². The summed E-state index contributed by atoms with van der Waals surface area (Å²) in [6.45, 7) is 6.62. The average molecular weight is 357 g/mol. The molecule has 0 unspecified atom stereocenters. The molecule has 128 valence electrons. The van der Waals surface area contributed by atoms with Crippen molar-refractivity contribution in [1.82, 2.24) is 10.2 Å². The predicted molar refractivity (Wildman–Crippen MR) is 83.1 cm³/mol. The van der Waals surface area contributed by atoms with Crippen LogP contribution in [0.3, 0.4) is 0 Å². The van der Waals surface area contributed by atoms with E-state index in [2.05, 4.69) is 22.3 Å². The zero-order valence-corrected chi connectivity index (χ0v) is 14.5. The minimum atomic E-state index is 0. The van der Waals surface area contributed by atoms with Gasteiger partial charge in [-0.2, -0.15) is 0 Å². The number of ether oxygens (including phenoxy) is 1. The topological polar surface area (TPSA) is 37.6 Å². The minimum absolute atomic E-state index is 0. The Bertz CT molecular complexity index is 543. The lowest BCUT2D eigenvalue weighted by Gasteiger charge is -2.26. The van der Waals surface area contributed by atoms with E-state index in [1.54, 1.807) is 0 Å². The highest BCUT2D eigenvalue weighted by atomic mass is 35.5. The van der Waals surface area contributed by atoms with Crippen LogP contribution >= 0.6 is 0 Å². The van der Waals surface area contributed by atoms with E-state index in [0.717, 1.165) is 63.0 Å². The molecule has 1 N–H and O–H groups in total. The fourth-order valence-corrected chi connectivity index (χ4v) is 2.50. The molecule has 23 heavy (non-hydrogen) atoms. The van der Waals surface area contributed by atoms with Crippen LogP contribution in [0.2, 0.25) is 0 Å². The number of nitrogens with one attached hydrogen (secondary N) is 1. The monoisotopic (exact) mass is 356 g/mol. The molecule has 1 aliphatic rings. The number of nitrogens with zero attached hydrogens (tertiary/aromatic N) is 1. The summed E-state index contributed by atoms with van der Waals surface area (Å²) in [5, 5.41) is 3.44. The Labute approximate surface area is 150 Å². The third-order valence-corrected chi connectivity index (χ3v) is 3.73. The van der Waals surface area contributed by atoms with E-state index in [-0.39, 0.29) is 24.8 Å². The molecule has 1 aromatic heterocycles. The van der Waals surface area contributed by atoms with Crippen LogP contribution in [0.1, 0.15) is 5.76 Å². The molecule has 0 aliphatic carbocycles. The van der Waals surface area contributed by atoms with Crippen LogP contribution in [-0.4, -0.2) is 44.3 Å². The first kappa shape index (κ1) is 20.0. The van der Waals surface area contributed by atoms with Crippen LogP contribution in [0, 0.1) is 0 Å². The molecule has 2 aromatic rings. The summed E-state index contributed by atoms with van der Waals surface area (Å²) in [4.78, 5) is 2.42. The van der Waals surface area contributed by atoms with Gasteiger partial charge < -0.3 is 39.3 Å². The quantitative estimate of drug-likeness (QED) is 0.542. The summed E-state index contributed by atoms with van der Waals surface area (Å²) >= 11 is 0. The van der Waals surface area contributed by atoms with E-state index in [1.807, 2.05) is 30.3 Å². The largest absolute Gasteiger partial charge is 1.00 e. The Balaban J connectivity index is 0.00000132. The van der Waals surface area contributed by atoms with Crippen molar-refractivity contribution in [2.75, 3.05) is 39.4 Å². The fourth-order valence-electron chi connectivity index (χ4n) is 2.50. The van der Waals surface area contributed by atoms with Gasteiger partial charge in [-0.1, -0.05) is 30.3 Å². The van der Waals surface area contributed by atoms with Crippen LogP contribution in [0.4, 0.5) is 0 Å².